The Balaban J connectivity index is 1.39. The lowest BCUT2D eigenvalue weighted by Crippen LogP contribution is -2.39. The number of halogens is 2. The number of hydrogen-bond acceptors (Lipinski definition) is 9. The van der Waals surface area contributed by atoms with E-state index in [-0.39, 0.29) is 36.0 Å². The molecule has 10 nitrogen and oxygen atoms in total. The molecule has 0 aliphatic heterocycles. The minimum Gasteiger partial charge on any atom is -0.435 e. The van der Waals surface area contributed by atoms with E-state index in [1.54, 1.807) is 54.6 Å². The van der Waals surface area contributed by atoms with Crippen molar-refractivity contribution in [3.8, 4) is 5.75 Å². The maximum absolute atomic E-state index is 13.2. The number of ether oxygens (including phenoxy) is 1. The highest BCUT2D eigenvalue weighted by atomic mass is 32.2. The van der Waals surface area contributed by atoms with Crippen LogP contribution >= 0.6 is 0 Å². The van der Waals surface area contributed by atoms with Gasteiger partial charge in [0, 0.05) is 18.5 Å². The number of fused-ring (bicyclic) bond motifs is 1. The number of rotatable bonds is 17. The van der Waals surface area contributed by atoms with E-state index < -0.39 is 61.1 Å². The lowest BCUT2D eigenvalue weighted by atomic mass is 10.1. The molecule has 0 spiro atoms. The largest absolute Gasteiger partial charge is 0.435 e. The third-order valence-corrected chi connectivity index (χ3v) is 10.1. The SMILES string of the molecule is O=C(CCCCNC(=O)[C@@H](CS(=O)(=O)Cc1ccccc1)CS(=O)(=O)Cc1ccccc1OC(F)F)c1nc2ccccc2o1. The quantitative estimate of drug-likeness (QED) is 0.125. The number of nitrogens with zero attached hydrogens (tertiary/aromatic N) is 1. The highest BCUT2D eigenvalue weighted by Crippen LogP contribution is 2.24. The van der Waals surface area contributed by atoms with Crippen LogP contribution in [0.15, 0.2) is 83.3 Å². The Labute approximate surface area is 259 Å². The number of oxazole rings is 1. The Morgan fingerprint density at radius 1 is 0.822 bits per heavy atom. The summed E-state index contributed by atoms with van der Waals surface area (Å²) in [7, 11) is -8.13. The van der Waals surface area contributed by atoms with Crippen LogP contribution in [0.3, 0.4) is 0 Å². The number of carbonyl (C=O) groups is 2. The molecule has 0 unspecified atom stereocenters. The van der Waals surface area contributed by atoms with Crippen LogP contribution in [0.25, 0.3) is 11.1 Å². The standard InChI is InChI=1S/C31H32F2N2O8S2/c32-31(33)43-27-15-6-4-12-23(27)19-45(40,41)21-24(20-44(38,39)18-22-10-2-1-3-11-22)29(37)34-17-9-8-14-26(36)30-35-25-13-5-7-16-28(25)42-30/h1-7,10-13,15-16,24,31H,8-9,14,17-21H2,(H,34,37)/t24-/m0/s1. The van der Waals surface area contributed by atoms with Gasteiger partial charge in [0.25, 0.3) is 5.89 Å². The van der Waals surface area contributed by atoms with Gasteiger partial charge < -0.3 is 14.5 Å². The molecule has 4 rings (SSSR count). The second kappa shape index (κ2) is 15.2. The normalized spacial score (nSPS) is 12.7. The van der Waals surface area contributed by atoms with E-state index in [9.17, 15) is 35.2 Å². The van der Waals surface area contributed by atoms with Crippen LogP contribution in [-0.2, 0) is 36.0 Å². The fourth-order valence-corrected chi connectivity index (χ4v) is 8.26. The number of alkyl halides is 2. The zero-order valence-corrected chi connectivity index (χ0v) is 25.7. The van der Waals surface area contributed by atoms with Crippen molar-refractivity contribution in [2.75, 3.05) is 18.1 Å². The summed E-state index contributed by atoms with van der Waals surface area (Å²) >= 11 is 0. The molecular formula is C31H32F2N2O8S2. The first-order valence-corrected chi connectivity index (χ1v) is 17.7. The second-order valence-corrected chi connectivity index (χ2v) is 14.7. The number of ketones is 1. The minimum atomic E-state index is -4.18. The number of Topliss-reactive ketones (excluding diaryl/α,β-unsaturated/α-hetero) is 1. The topological polar surface area (TPSA) is 150 Å². The van der Waals surface area contributed by atoms with Crippen molar-refractivity contribution in [2.24, 2.45) is 5.92 Å². The van der Waals surface area contributed by atoms with Crippen molar-refractivity contribution in [3.05, 3.63) is 95.9 Å². The summed E-state index contributed by atoms with van der Waals surface area (Å²) in [6, 6.07) is 20.5. The minimum absolute atomic E-state index is 0.0188. The Kier molecular flexibility index (Phi) is 11.4. The number of hydrogen-bond donors (Lipinski definition) is 1. The lowest BCUT2D eigenvalue weighted by molar-refractivity contribution is -0.123. The molecule has 1 heterocycles. The first kappa shape index (κ1) is 33.7. The van der Waals surface area contributed by atoms with Gasteiger partial charge in [-0.2, -0.15) is 8.78 Å². The van der Waals surface area contributed by atoms with E-state index in [0.29, 0.717) is 29.5 Å². The molecule has 0 saturated heterocycles. The molecule has 0 saturated carbocycles. The molecule has 0 fully saturated rings. The fraction of sp³-hybridized carbons (Fsp3) is 0.323. The number of benzene rings is 3. The Bertz CT molecular complexity index is 1800. The summed E-state index contributed by atoms with van der Waals surface area (Å²) in [5.41, 5.74) is 1.47. The fourth-order valence-electron chi connectivity index (χ4n) is 4.69. The van der Waals surface area contributed by atoms with Crippen LogP contribution in [0.1, 0.15) is 41.1 Å². The van der Waals surface area contributed by atoms with Crippen molar-refractivity contribution in [2.45, 2.75) is 37.4 Å². The van der Waals surface area contributed by atoms with Gasteiger partial charge in [-0.05, 0) is 36.6 Å². The number of nitrogens with one attached hydrogen (secondary N) is 1. The summed E-state index contributed by atoms with van der Waals surface area (Å²) in [4.78, 5) is 29.8. The molecule has 45 heavy (non-hydrogen) atoms. The van der Waals surface area contributed by atoms with Crippen LogP contribution in [0, 0.1) is 5.92 Å². The molecule has 1 N–H and O–H groups in total. The summed E-state index contributed by atoms with van der Waals surface area (Å²) in [6.07, 6.45) is 0.784. The molecule has 240 valence electrons. The Morgan fingerprint density at radius 3 is 2.18 bits per heavy atom. The summed E-state index contributed by atoms with van der Waals surface area (Å²) in [6.45, 7) is -3.12. The van der Waals surface area contributed by atoms with E-state index in [2.05, 4.69) is 15.0 Å². The number of aromatic nitrogens is 1. The van der Waals surface area contributed by atoms with Gasteiger partial charge >= 0.3 is 6.61 Å². The molecule has 1 aromatic heterocycles. The zero-order valence-electron chi connectivity index (χ0n) is 24.1. The predicted molar refractivity (Wildman–Crippen MR) is 163 cm³/mol. The number of unbranched alkanes of at least 4 members (excludes halogenated alkanes) is 1. The van der Waals surface area contributed by atoms with Gasteiger partial charge in [-0.25, -0.2) is 21.8 Å². The number of amides is 1. The van der Waals surface area contributed by atoms with Gasteiger partial charge in [0.2, 0.25) is 11.7 Å². The third kappa shape index (κ3) is 10.5. The molecule has 14 heteroatoms. The van der Waals surface area contributed by atoms with Crippen LogP contribution in [-0.4, -0.2) is 58.2 Å². The molecule has 1 amide bonds. The monoisotopic (exact) mass is 662 g/mol. The number of para-hydroxylation sites is 3. The van der Waals surface area contributed by atoms with Crippen LogP contribution in [0.5, 0.6) is 5.75 Å². The molecule has 0 aliphatic carbocycles. The second-order valence-electron chi connectivity index (χ2n) is 10.4. The average Bonchev–Trinajstić information content (AvgIpc) is 3.42. The Morgan fingerprint density at radius 2 is 1.47 bits per heavy atom. The lowest BCUT2D eigenvalue weighted by Gasteiger charge is -2.18. The molecule has 0 radical (unpaired) electrons. The number of sulfone groups is 2. The van der Waals surface area contributed by atoms with E-state index >= 15 is 0 Å². The highest BCUT2D eigenvalue weighted by Gasteiger charge is 2.31. The smallest absolute Gasteiger partial charge is 0.387 e. The van der Waals surface area contributed by atoms with Crippen molar-refractivity contribution < 1.29 is 44.4 Å². The molecule has 1 atom stereocenters. The Hall–Kier alpha value is -4.17. The first-order valence-electron chi connectivity index (χ1n) is 14.0. The predicted octanol–water partition coefficient (Wildman–Crippen LogP) is 4.74. The van der Waals surface area contributed by atoms with Gasteiger partial charge in [0.1, 0.15) is 11.3 Å². The first-order chi connectivity index (χ1) is 21.4. The van der Waals surface area contributed by atoms with Gasteiger partial charge in [0.05, 0.1) is 28.9 Å². The van der Waals surface area contributed by atoms with E-state index in [4.69, 9.17) is 4.42 Å². The maximum atomic E-state index is 13.2. The molecule has 0 aliphatic rings. The van der Waals surface area contributed by atoms with E-state index in [1.165, 1.54) is 24.3 Å². The summed E-state index contributed by atoms with van der Waals surface area (Å²) in [5, 5.41) is 2.59. The van der Waals surface area contributed by atoms with E-state index in [1.807, 2.05) is 0 Å². The highest BCUT2D eigenvalue weighted by molar-refractivity contribution is 7.91. The van der Waals surface area contributed by atoms with Gasteiger partial charge in [-0.1, -0.05) is 60.7 Å². The van der Waals surface area contributed by atoms with Crippen molar-refractivity contribution >= 4 is 42.5 Å². The molecule has 0 bridgehead atoms. The van der Waals surface area contributed by atoms with Crippen molar-refractivity contribution in [1.29, 1.82) is 0 Å². The molecule has 3 aromatic carbocycles. The maximum Gasteiger partial charge on any atom is 0.387 e. The molecular weight excluding hydrogens is 630 g/mol. The van der Waals surface area contributed by atoms with Gasteiger partial charge in [-0.3, -0.25) is 9.59 Å². The van der Waals surface area contributed by atoms with E-state index in [0.717, 1.165) is 0 Å². The van der Waals surface area contributed by atoms with Crippen LogP contribution in [0.4, 0.5) is 8.78 Å². The van der Waals surface area contributed by atoms with Crippen molar-refractivity contribution in [3.63, 3.8) is 0 Å². The summed E-state index contributed by atoms with van der Waals surface area (Å²) in [5.74, 6) is -5.67. The summed E-state index contributed by atoms with van der Waals surface area (Å²) < 4.78 is 88.0. The van der Waals surface area contributed by atoms with Gasteiger partial charge in [-0.15, -0.1) is 0 Å². The molecule has 4 aromatic rings. The van der Waals surface area contributed by atoms with Crippen molar-refractivity contribution in [1.82, 2.24) is 10.3 Å². The van der Waals surface area contributed by atoms with Crippen LogP contribution in [0.2, 0.25) is 0 Å². The zero-order chi connectivity index (χ0) is 32.5. The van der Waals surface area contributed by atoms with Crippen LogP contribution < -0.4 is 10.1 Å². The average molecular weight is 663 g/mol. The third-order valence-electron chi connectivity index (χ3n) is 6.74. The van der Waals surface area contributed by atoms with Gasteiger partial charge in [0.15, 0.2) is 25.3 Å². The number of carbonyl (C=O) groups excluding carboxylic acids is 2.